The van der Waals surface area contributed by atoms with Crippen LogP contribution < -0.4 is 4.67 Å². The van der Waals surface area contributed by atoms with E-state index in [2.05, 4.69) is 65.4 Å². The lowest BCUT2D eigenvalue weighted by molar-refractivity contribution is 0.333. The predicted molar refractivity (Wildman–Crippen MR) is 86.8 cm³/mol. The summed E-state index contributed by atoms with van der Waals surface area (Å²) in [7, 11) is -0.663. The molecule has 1 aromatic carbocycles. The van der Waals surface area contributed by atoms with Gasteiger partial charge in [-0.25, -0.2) is 4.67 Å². The molecule has 0 amide bonds. The summed E-state index contributed by atoms with van der Waals surface area (Å²) in [5.41, 5.74) is 1.29. The Labute approximate surface area is 129 Å². The molecule has 0 N–H and O–H groups in total. The van der Waals surface area contributed by atoms with Gasteiger partial charge in [0.05, 0.1) is 6.61 Å². The molecule has 2 aliphatic heterocycles. The molecule has 109 valence electrons. The normalized spacial score (nSPS) is 30.2. The van der Waals surface area contributed by atoms with E-state index in [1.54, 1.807) is 0 Å². The number of rotatable bonds is 4. The van der Waals surface area contributed by atoms with Gasteiger partial charge in [-0.2, -0.15) is 0 Å². The van der Waals surface area contributed by atoms with Gasteiger partial charge in [-0.15, -0.1) is 0 Å². The molecule has 3 nitrogen and oxygen atoms in total. The highest BCUT2D eigenvalue weighted by Gasteiger charge is 2.44. The lowest BCUT2D eigenvalue weighted by atomic mass is 10.1. The van der Waals surface area contributed by atoms with Gasteiger partial charge in [0.15, 0.2) is 0 Å². The van der Waals surface area contributed by atoms with Crippen LogP contribution in [0.25, 0.3) is 0 Å². The summed E-state index contributed by atoms with van der Waals surface area (Å²) in [4.78, 5) is 0. The van der Waals surface area contributed by atoms with Crippen LogP contribution in [0.1, 0.15) is 12.8 Å². The molecule has 2 atom stereocenters. The van der Waals surface area contributed by atoms with E-state index in [1.807, 2.05) is 0 Å². The fraction of sp³-hybridized carbons (Fsp3) is 0.353. The molecule has 4 rings (SSSR count). The van der Waals surface area contributed by atoms with E-state index in [9.17, 15) is 0 Å². The molecule has 5 radical (unpaired) electrons. The Morgan fingerprint density at radius 2 is 1.95 bits per heavy atom. The summed E-state index contributed by atoms with van der Waals surface area (Å²) < 4.78 is 11.4. The van der Waals surface area contributed by atoms with Gasteiger partial charge in [-0.1, -0.05) is 18.2 Å². The van der Waals surface area contributed by atoms with Gasteiger partial charge in [0, 0.05) is 30.7 Å². The molecule has 21 heavy (non-hydrogen) atoms. The van der Waals surface area contributed by atoms with Crippen molar-refractivity contribution < 1.29 is 4.52 Å². The van der Waals surface area contributed by atoms with Crippen molar-refractivity contribution in [1.82, 2.24) is 4.67 Å². The maximum Gasteiger partial charge on any atom is 0.218 e. The summed E-state index contributed by atoms with van der Waals surface area (Å²) in [6, 6.07) is 11.4. The Hall–Kier alpha value is -0.630. The fourth-order valence-corrected chi connectivity index (χ4v) is 5.50. The van der Waals surface area contributed by atoms with Gasteiger partial charge >= 0.3 is 0 Å². The summed E-state index contributed by atoms with van der Waals surface area (Å²) >= 11 is 0. The van der Waals surface area contributed by atoms with Crippen molar-refractivity contribution in [2.24, 2.45) is 0 Å². The molecule has 0 unspecified atom stereocenters. The number of para-hydroxylation sites is 1. The molecule has 1 aliphatic carbocycles. The van der Waals surface area contributed by atoms with Gasteiger partial charge in [0.25, 0.3) is 0 Å². The number of benzene rings is 1. The van der Waals surface area contributed by atoms with Gasteiger partial charge < -0.3 is 9.19 Å². The number of anilines is 1. The van der Waals surface area contributed by atoms with Gasteiger partial charge in [-0.3, -0.25) is 0 Å². The molecule has 3 fully saturated rings. The van der Waals surface area contributed by atoms with Crippen molar-refractivity contribution in [3.63, 3.8) is 0 Å². The van der Waals surface area contributed by atoms with Crippen LogP contribution in [0.15, 0.2) is 30.3 Å². The summed E-state index contributed by atoms with van der Waals surface area (Å²) in [5, 5.41) is 0. The predicted octanol–water partition coefficient (Wildman–Crippen LogP) is 3.62. The average molecular weight is 299 g/mol. The van der Waals surface area contributed by atoms with Crippen LogP contribution in [0, 0.1) is 31.6 Å². The van der Waals surface area contributed by atoms with Crippen LogP contribution in [0.2, 0.25) is 0 Å². The van der Waals surface area contributed by atoms with Crippen molar-refractivity contribution in [2.75, 3.05) is 24.4 Å². The lowest BCUT2D eigenvalue weighted by Crippen LogP contribution is -2.20. The largest absolute Gasteiger partial charge is 0.326 e. The quantitative estimate of drug-likeness (QED) is 0.790. The van der Waals surface area contributed by atoms with Gasteiger partial charge in [0.2, 0.25) is 8.45 Å². The van der Waals surface area contributed by atoms with Crippen molar-refractivity contribution in [2.45, 2.75) is 18.9 Å². The Morgan fingerprint density at radius 3 is 2.76 bits per heavy atom. The van der Waals surface area contributed by atoms with Gasteiger partial charge in [0.1, 0.15) is 0 Å². The van der Waals surface area contributed by atoms with Crippen LogP contribution in [-0.4, -0.2) is 30.4 Å². The Balaban J connectivity index is 1.48. The second-order valence-electron chi connectivity index (χ2n) is 5.70. The number of hydrogen-bond donors (Lipinski definition) is 0. The summed E-state index contributed by atoms with van der Waals surface area (Å²) in [6.45, 7) is 3.00. The first-order valence-corrected chi connectivity index (χ1v) is 8.81. The minimum absolute atomic E-state index is 0.663. The van der Waals surface area contributed by atoms with Crippen LogP contribution in [0.4, 0.5) is 5.69 Å². The van der Waals surface area contributed by atoms with Crippen molar-refractivity contribution in [3.8, 4) is 0 Å². The van der Waals surface area contributed by atoms with E-state index in [0.29, 0.717) is 12.6 Å². The van der Waals surface area contributed by atoms with Crippen LogP contribution in [0.3, 0.4) is 0 Å². The maximum atomic E-state index is 6.34. The van der Waals surface area contributed by atoms with E-state index in [0.717, 1.165) is 6.54 Å². The molecule has 0 spiro atoms. The van der Waals surface area contributed by atoms with E-state index in [-0.39, 0.29) is 0 Å². The third-order valence-corrected chi connectivity index (χ3v) is 6.42. The van der Waals surface area contributed by atoms with Crippen molar-refractivity contribution in [3.05, 3.63) is 61.9 Å². The molecular formula is C17H20N2OP. The molecule has 1 saturated carbocycles. The zero-order valence-corrected chi connectivity index (χ0v) is 13.0. The van der Waals surface area contributed by atoms with Crippen LogP contribution in [-0.2, 0) is 4.52 Å². The first-order chi connectivity index (χ1) is 10.4. The lowest BCUT2D eigenvalue weighted by Gasteiger charge is -2.29. The number of hydrogen-bond acceptors (Lipinski definition) is 3. The van der Waals surface area contributed by atoms with E-state index < -0.39 is 8.45 Å². The minimum Gasteiger partial charge on any atom is -0.326 e. The first-order valence-electron chi connectivity index (χ1n) is 7.64. The summed E-state index contributed by atoms with van der Waals surface area (Å²) in [5.74, 6) is 1.27. The van der Waals surface area contributed by atoms with E-state index in [1.165, 1.54) is 31.0 Å². The highest BCUT2D eigenvalue weighted by atomic mass is 31.2. The molecule has 1 aromatic rings. The molecule has 2 saturated heterocycles. The number of fused-ring (bicyclic) bond motifs is 1. The van der Waals surface area contributed by atoms with E-state index >= 15 is 0 Å². The van der Waals surface area contributed by atoms with Crippen molar-refractivity contribution >= 4 is 14.1 Å². The molecule has 4 heteroatoms. The monoisotopic (exact) mass is 299 g/mol. The number of nitrogens with zero attached hydrogens (tertiary/aromatic N) is 2. The topological polar surface area (TPSA) is 15.7 Å². The Bertz CT molecular complexity index is 463. The van der Waals surface area contributed by atoms with Crippen LogP contribution >= 0.6 is 8.45 Å². The minimum atomic E-state index is -0.663. The Morgan fingerprint density at radius 1 is 1.14 bits per heavy atom. The second-order valence-corrected chi connectivity index (χ2v) is 7.46. The molecule has 3 aliphatic rings. The summed E-state index contributed by atoms with van der Waals surface area (Å²) in [6.07, 6.45) is 11.1. The third kappa shape index (κ3) is 2.84. The fourth-order valence-electron chi connectivity index (χ4n) is 3.23. The first kappa shape index (κ1) is 14.0. The highest BCUT2D eigenvalue weighted by Crippen LogP contribution is 2.57. The van der Waals surface area contributed by atoms with E-state index in [4.69, 9.17) is 4.52 Å². The third-order valence-electron chi connectivity index (χ3n) is 4.29. The highest BCUT2D eigenvalue weighted by molar-refractivity contribution is 7.52. The molecule has 0 bridgehead atoms. The molecule has 0 aromatic heterocycles. The van der Waals surface area contributed by atoms with Crippen LogP contribution in [0.5, 0.6) is 0 Å². The standard InChI is InChI=1S/C17H20N2OP/c1-2-9-16(10-3-1)19-13-17-11-6-12-18(17)21(19)20-14-15-7-4-5-8-15/h1-5,7-10,17H,6,11-14H2/t17-,21+/m0/s1. The SMILES string of the molecule is [CH]1[CH][CH][C](CO[P@@]2N(c3ccccc3)C[C@@H]3CCCN32)[CH]1. The Kier molecular flexibility index (Phi) is 4.16. The smallest absolute Gasteiger partial charge is 0.218 e. The molecular weight excluding hydrogens is 279 g/mol. The zero-order valence-electron chi connectivity index (χ0n) is 12.1. The van der Waals surface area contributed by atoms with Crippen molar-refractivity contribution in [1.29, 1.82) is 0 Å². The maximum absolute atomic E-state index is 6.34. The molecule has 2 heterocycles. The zero-order chi connectivity index (χ0) is 14.1. The average Bonchev–Trinajstić information content (AvgIpc) is 3.23. The second kappa shape index (κ2) is 6.24. The van der Waals surface area contributed by atoms with Gasteiger partial charge in [-0.05, 0) is 50.7 Å².